The lowest BCUT2D eigenvalue weighted by molar-refractivity contribution is 0.0212. The van der Waals surface area contributed by atoms with Crippen LogP contribution in [0.5, 0.6) is 0 Å². The number of benzene rings is 1. The maximum Gasteiger partial charge on any atom is 0.207 e. The number of anilines is 1. The molecular formula is C22H21N5O2S. The van der Waals surface area contributed by atoms with Crippen molar-refractivity contribution in [3.63, 3.8) is 0 Å². The molecule has 3 aromatic rings. The SMILES string of the molecule is CC1(C)c2nc(N3C[C@@H]4NCCO[C@H]4C3)sc2C(=O)c2c1[nH]c1cc(C#N)ccc21. The molecule has 2 atom stereocenters. The second-order valence-electron chi connectivity index (χ2n) is 8.75. The van der Waals surface area contributed by atoms with E-state index in [1.165, 1.54) is 11.3 Å². The normalized spacial score (nSPS) is 24.4. The zero-order chi connectivity index (χ0) is 20.6. The fourth-order valence-electron chi connectivity index (χ4n) is 4.97. The summed E-state index contributed by atoms with van der Waals surface area (Å²) in [6.45, 7) is 7.47. The van der Waals surface area contributed by atoms with E-state index < -0.39 is 5.41 Å². The monoisotopic (exact) mass is 419 g/mol. The third-order valence-corrected chi connectivity index (χ3v) is 7.69. The zero-order valence-corrected chi connectivity index (χ0v) is 17.6. The number of rotatable bonds is 1. The summed E-state index contributed by atoms with van der Waals surface area (Å²) in [6, 6.07) is 7.93. The lowest BCUT2D eigenvalue weighted by atomic mass is 9.77. The minimum Gasteiger partial charge on any atom is -0.373 e. The molecule has 6 rings (SSSR count). The smallest absolute Gasteiger partial charge is 0.207 e. The molecule has 30 heavy (non-hydrogen) atoms. The van der Waals surface area contributed by atoms with Crippen LogP contribution in [0.25, 0.3) is 10.9 Å². The van der Waals surface area contributed by atoms with Gasteiger partial charge in [0.05, 0.1) is 41.6 Å². The molecule has 0 spiro atoms. The summed E-state index contributed by atoms with van der Waals surface area (Å²) in [4.78, 5) is 24.9. The van der Waals surface area contributed by atoms with Crippen LogP contribution in [0.1, 0.15) is 46.0 Å². The minimum absolute atomic E-state index is 0.0185. The molecule has 0 amide bonds. The molecule has 7 nitrogen and oxygen atoms in total. The Kier molecular flexibility index (Phi) is 3.70. The number of nitriles is 1. The Morgan fingerprint density at radius 3 is 3.03 bits per heavy atom. The summed E-state index contributed by atoms with van der Waals surface area (Å²) >= 11 is 1.49. The number of morpholine rings is 1. The van der Waals surface area contributed by atoms with Gasteiger partial charge in [0.1, 0.15) is 4.88 Å². The van der Waals surface area contributed by atoms with E-state index in [0.717, 1.165) is 58.5 Å². The summed E-state index contributed by atoms with van der Waals surface area (Å²) in [7, 11) is 0. The van der Waals surface area contributed by atoms with Gasteiger partial charge in [0.2, 0.25) is 5.78 Å². The van der Waals surface area contributed by atoms with Gasteiger partial charge < -0.3 is 19.9 Å². The van der Waals surface area contributed by atoms with E-state index in [1.807, 2.05) is 12.1 Å². The molecule has 2 saturated heterocycles. The summed E-state index contributed by atoms with van der Waals surface area (Å²) in [5.41, 5.74) is 3.39. The van der Waals surface area contributed by atoms with Crippen molar-refractivity contribution >= 4 is 33.2 Å². The van der Waals surface area contributed by atoms with Crippen LogP contribution in [0, 0.1) is 11.3 Å². The average Bonchev–Trinajstić information content (AvgIpc) is 3.46. The van der Waals surface area contributed by atoms with Crippen molar-refractivity contribution in [3.8, 4) is 6.07 Å². The molecule has 2 aliphatic heterocycles. The zero-order valence-electron chi connectivity index (χ0n) is 16.8. The molecule has 0 saturated carbocycles. The molecule has 0 radical (unpaired) electrons. The Hall–Kier alpha value is -2.73. The highest BCUT2D eigenvalue weighted by atomic mass is 32.1. The molecule has 2 fully saturated rings. The summed E-state index contributed by atoms with van der Waals surface area (Å²) in [6.07, 6.45) is 0.175. The van der Waals surface area contributed by atoms with Gasteiger partial charge in [-0.15, -0.1) is 0 Å². The number of hydrogen-bond acceptors (Lipinski definition) is 7. The summed E-state index contributed by atoms with van der Waals surface area (Å²) < 4.78 is 5.90. The van der Waals surface area contributed by atoms with E-state index in [4.69, 9.17) is 9.72 Å². The Bertz CT molecular complexity index is 1240. The molecule has 8 heteroatoms. The van der Waals surface area contributed by atoms with Crippen LogP contribution in [0.2, 0.25) is 0 Å². The number of aromatic amines is 1. The number of ether oxygens (including phenoxy) is 1. The Balaban J connectivity index is 1.44. The van der Waals surface area contributed by atoms with Gasteiger partial charge in [0.15, 0.2) is 5.13 Å². The summed E-state index contributed by atoms with van der Waals surface area (Å²) in [5.74, 6) is 0.0185. The summed E-state index contributed by atoms with van der Waals surface area (Å²) in [5, 5.41) is 14.5. The van der Waals surface area contributed by atoms with Crippen molar-refractivity contribution in [2.24, 2.45) is 0 Å². The Labute approximate surface area is 177 Å². The van der Waals surface area contributed by atoms with E-state index in [-0.39, 0.29) is 11.9 Å². The first-order chi connectivity index (χ1) is 14.5. The molecule has 2 aromatic heterocycles. The van der Waals surface area contributed by atoms with Gasteiger partial charge in [0.25, 0.3) is 0 Å². The van der Waals surface area contributed by atoms with Gasteiger partial charge >= 0.3 is 0 Å². The highest BCUT2D eigenvalue weighted by Gasteiger charge is 2.44. The minimum atomic E-state index is -0.430. The molecular weight excluding hydrogens is 398 g/mol. The van der Waals surface area contributed by atoms with Crippen LogP contribution >= 0.6 is 11.3 Å². The first-order valence-corrected chi connectivity index (χ1v) is 11.0. The lowest BCUT2D eigenvalue weighted by Crippen LogP contribution is -2.47. The predicted molar refractivity (Wildman–Crippen MR) is 114 cm³/mol. The van der Waals surface area contributed by atoms with E-state index in [2.05, 4.69) is 35.1 Å². The largest absolute Gasteiger partial charge is 0.373 e. The van der Waals surface area contributed by atoms with E-state index in [9.17, 15) is 10.1 Å². The van der Waals surface area contributed by atoms with Gasteiger partial charge in [0, 0.05) is 41.6 Å². The van der Waals surface area contributed by atoms with Gasteiger partial charge in [-0.25, -0.2) is 4.98 Å². The maximum absolute atomic E-state index is 13.5. The van der Waals surface area contributed by atoms with Crippen LogP contribution in [0.4, 0.5) is 5.13 Å². The van der Waals surface area contributed by atoms with Crippen molar-refractivity contribution < 1.29 is 9.53 Å². The number of fused-ring (bicyclic) bond motifs is 5. The molecule has 152 valence electrons. The van der Waals surface area contributed by atoms with Gasteiger partial charge in [-0.2, -0.15) is 5.26 Å². The molecule has 0 unspecified atom stereocenters. The Morgan fingerprint density at radius 1 is 1.37 bits per heavy atom. The van der Waals surface area contributed by atoms with Crippen LogP contribution in [0.15, 0.2) is 18.2 Å². The quantitative estimate of drug-likeness (QED) is 0.630. The van der Waals surface area contributed by atoms with Crippen molar-refractivity contribution in [1.29, 1.82) is 5.26 Å². The second-order valence-corrected chi connectivity index (χ2v) is 9.73. The number of thiazole rings is 1. The number of nitrogens with one attached hydrogen (secondary N) is 2. The third-order valence-electron chi connectivity index (χ3n) is 6.57. The number of aromatic nitrogens is 2. The van der Waals surface area contributed by atoms with E-state index in [1.54, 1.807) is 6.07 Å². The van der Waals surface area contributed by atoms with Crippen molar-refractivity contribution in [2.75, 3.05) is 31.1 Å². The van der Waals surface area contributed by atoms with Gasteiger partial charge in [-0.1, -0.05) is 17.4 Å². The van der Waals surface area contributed by atoms with Crippen LogP contribution in [-0.2, 0) is 10.2 Å². The van der Waals surface area contributed by atoms with Crippen LogP contribution in [-0.4, -0.2) is 54.1 Å². The lowest BCUT2D eigenvalue weighted by Gasteiger charge is -2.28. The number of nitrogens with zero attached hydrogens (tertiary/aromatic N) is 3. The topological polar surface area (TPSA) is 94.0 Å². The highest BCUT2D eigenvalue weighted by Crippen LogP contribution is 2.47. The van der Waals surface area contributed by atoms with Gasteiger partial charge in [-0.3, -0.25) is 4.79 Å². The standard InChI is InChI=1S/C22H21N5O2S/c1-22(2)19-16(12-4-3-11(8-23)7-13(12)25-19)17(28)18-20(22)26-21(30-18)27-9-14-15(10-27)29-6-5-24-14/h3-4,7,14-15,24-25H,5-6,9-10H2,1-2H3/t14-,15-/m0/s1. The fraction of sp³-hybridized carbons (Fsp3) is 0.409. The van der Waals surface area contributed by atoms with Crippen LogP contribution < -0.4 is 10.2 Å². The molecule has 2 N–H and O–H groups in total. The average molecular weight is 420 g/mol. The number of hydrogen-bond donors (Lipinski definition) is 2. The van der Waals surface area contributed by atoms with Crippen molar-refractivity contribution in [1.82, 2.24) is 15.3 Å². The molecule has 4 heterocycles. The van der Waals surface area contributed by atoms with Crippen LogP contribution in [0.3, 0.4) is 0 Å². The number of carbonyl (C=O) groups excluding carboxylic acids is 1. The third kappa shape index (κ3) is 2.37. The molecule has 0 bridgehead atoms. The maximum atomic E-state index is 13.5. The van der Waals surface area contributed by atoms with Gasteiger partial charge in [-0.05, 0) is 26.0 Å². The number of carbonyl (C=O) groups is 1. The molecule has 1 aromatic carbocycles. The molecule has 3 aliphatic rings. The molecule has 1 aliphatic carbocycles. The first kappa shape index (κ1) is 18.1. The fourth-order valence-corrected chi connectivity index (χ4v) is 6.16. The van der Waals surface area contributed by atoms with Crippen molar-refractivity contribution in [3.05, 3.63) is 45.6 Å². The first-order valence-electron chi connectivity index (χ1n) is 10.2. The predicted octanol–water partition coefficient (Wildman–Crippen LogP) is 2.54. The number of H-pyrrole nitrogens is 1. The van der Waals surface area contributed by atoms with Crippen molar-refractivity contribution in [2.45, 2.75) is 31.4 Å². The second kappa shape index (κ2) is 6.14. The van der Waals surface area contributed by atoms with E-state index in [0.29, 0.717) is 17.2 Å². The van der Waals surface area contributed by atoms with E-state index >= 15 is 0 Å². The highest BCUT2D eigenvalue weighted by molar-refractivity contribution is 7.18. The number of ketones is 1. The Morgan fingerprint density at radius 2 is 2.23 bits per heavy atom.